The Morgan fingerprint density at radius 1 is 0.800 bits per heavy atom. The van der Waals surface area contributed by atoms with E-state index in [0.29, 0.717) is 18.6 Å². The zero-order chi connectivity index (χ0) is 18.4. The molecule has 2 nitrogen and oxygen atoms in total. The highest BCUT2D eigenvalue weighted by molar-refractivity contribution is 9.12. The maximum absolute atomic E-state index is 6.31. The molecule has 0 aliphatic heterocycles. The molecule has 0 spiro atoms. The summed E-state index contributed by atoms with van der Waals surface area (Å²) in [6.45, 7) is 14.6. The van der Waals surface area contributed by atoms with Crippen LogP contribution in [-0.2, 0) is 9.47 Å². The van der Waals surface area contributed by atoms with Crippen LogP contribution in [0.15, 0.2) is 21.1 Å². The third-order valence-corrected chi connectivity index (χ3v) is 10.4. The third-order valence-electron chi connectivity index (χ3n) is 8.84. The van der Waals surface area contributed by atoms with E-state index in [1.165, 1.54) is 8.96 Å². The number of hydrogen-bond donors (Lipinski definition) is 0. The van der Waals surface area contributed by atoms with Crippen molar-refractivity contribution in [3.63, 3.8) is 0 Å². The molecule has 2 saturated carbocycles. The van der Waals surface area contributed by atoms with E-state index in [1.807, 2.05) is 0 Å². The van der Waals surface area contributed by atoms with Crippen LogP contribution in [0, 0.1) is 33.5 Å². The number of ether oxygens (including phenoxy) is 2. The predicted molar refractivity (Wildman–Crippen MR) is 109 cm³/mol. The number of hydrogen-bond acceptors (Lipinski definition) is 2. The molecule has 25 heavy (non-hydrogen) atoms. The summed E-state index contributed by atoms with van der Waals surface area (Å²) in [5.74, 6) is 1.14. The van der Waals surface area contributed by atoms with Crippen molar-refractivity contribution in [3.05, 3.63) is 21.1 Å². The van der Waals surface area contributed by atoms with E-state index in [2.05, 4.69) is 85.6 Å². The van der Waals surface area contributed by atoms with Crippen molar-refractivity contribution in [3.8, 4) is 0 Å². The molecule has 4 bridgehead atoms. The molecule has 4 heteroatoms. The molecule has 140 valence electrons. The molecule has 4 rings (SSSR count). The van der Waals surface area contributed by atoms with Gasteiger partial charge in [0.2, 0.25) is 0 Å². The predicted octanol–water partition coefficient (Wildman–Crippen LogP) is 6.40. The van der Waals surface area contributed by atoms with Gasteiger partial charge in [-0.3, -0.25) is 0 Å². The topological polar surface area (TPSA) is 18.5 Å². The lowest BCUT2D eigenvalue weighted by molar-refractivity contribution is -0.158. The molecular formula is C21H30Br2O2. The number of rotatable bonds is 4. The molecule has 0 aromatic carbocycles. The summed E-state index contributed by atoms with van der Waals surface area (Å²) in [5.41, 5.74) is 0.649. The highest BCUT2D eigenvalue weighted by Crippen LogP contribution is 2.67. The van der Waals surface area contributed by atoms with E-state index in [1.54, 1.807) is 0 Å². The minimum absolute atomic E-state index is 0.0840. The van der Waals surface area contributed by atoms with Gasteiger partial charge in [0, 0.05) is 10.8 Å². The van der Waals surface area contributed by atoms with Gasteiger partial charge >= 0.3 is 0 Å². The van der Waals surface area contributed by atoms with Crippen molar-refractivity contribution in [1.29, 1.82) is 0 Å². The second-order valence-electron chi connectivity index (χ2n) is 10.1. The minimum atomic E-state index is 0.0840. The Morgan fingerprint density at radius 2 is 1.16 bits per heavy atom. The van der Waals surface area contributed by atoms with Crippen molar-refractivity contribution < 1.29 is 9.47 Å². The Labute approximate surface area is 169 Å². The first-order valence-corrected chi connectivity index (χ1v) is 11.0. The van der Waals surface area contributed by atoms with Crippen LogP contribution in [0.5, 0.6) is 0 Å². The molecule has 0 radical (unpaired) electrons. The highest BCUT2D eigenvalue weighted by atomic mass is 79.9. The van der Waals surface area contributed by atoms with Gasteiger partial charge in [-0.05, 0) is 44.5 Å². The Morgan fingerprint density at radius 3 is 1.40 bits per heavy atom. The second kappa shape index (κ2) is 5.46. The SMILES string of the molecule is CC1(C)[C@@H]2C[C@@H](OCO[C@@H]3C[C@@H]4C(Br)=C[C@@]3(C)C4(C)C)[C@@]1(C)C=C2Br. The summed E-state index contributed by atoms with van der Waals surface area (Å²) in [6, 6.07) is 0. The van der Waals surface area contributed by atoms with Gasteiger partial charge in [0.15, 0.2) is 0 Å². The van der Waals surface area contributed by atoms with E-state index in [4.69, 9.17) is 9.47 Å². The maximum atomic E-state index is 6.31. The monoisotopic (exact) mass is 472 g/mol. The Kier molecular flexibility index (Phi) is 4.08. The Hall–Kier alpha value is 0.360. The third kappa shape index (κ3) is 2.20. The fraction of sp³-hybridized carbons (Fsp3) is 0.810. The van der Waals surface area contributed by atoms with Crippen molar-refractivity contribution in [1.82, 2.24) is 0 Å². The molecular weight excluding hydrogens is 444 g/mol. The van der Waals surface area contributed by atoms with Crippen molar-refractivity contribution in [2.45, 2.75) is 66.6 Å². The van der Waals surface area contributed by atoms with Gasteiger partial charge in [-0.2, -0.15) is 0 Å². The lowest BCUT2D eigenvalue weighted by Crippen LogP contribution is -2.39. The normalized spacial score (nSPS) is 48.8. The number of fused-ring (bicyclic) bond motifs is 4. The summed E-state index contributed by atoms with van der Waals surface area (Å²) >= 11 is 7.53. The molecule has 0 saturated heterocycles. The smallest absolute Gasteiger partial charge is 0.147 e. The fourth-order valence-corrected chi connectivity index (χ4v) is 8.49. The van der Waals surface area contributed by atoms with E-state index in [0.717, 1.165) is 12.8 Å². The first-order valence-electron chi connectivity index (χ1n) is 9.45. The summed E-state index contributed by atoms with van der Waals surface area (Å²) in [7, 11) is 0. The molecule has 0 aromatic heterocycles. The zero-order valence-electron chi connectivity index (χ0n) is 16.2. The summed E-state index contributed by atoms with van der Waals surface area (Å²) < 4.78 is 15.3. The maximum Gasteiger partial charge on any atom is 0.147 e. The standard InChI is InChI=1S/C21H30Br2O2/c1-18(2)12-7-16(20(18,5)9-14(12)22)24-11-25-17-8-13-15(23)10-21(17,6)19(13,3)4/h9-10,12-13,16-17H,7-8,11H2,1-6H3/t12-,13-,16-,17-,20-,21-/m1/s1. The fourth-order valence-electron chi connectivity index (χ4n) is 6.02. The van der Waals surface area contributed by atoms with E-state index in [9.17, 15) is 0 Å². The largest absolute Gasteiger partial charge is 0.351 e. The molecule has 0 aromatic rings. The minimum Gasteiger partial charge on any atom is -0.351 e. The van der Waals surface area contributed by atoms with Gasteiger partial charge in [-0.25, -0.2) is 0 Å². The summed E-state index contributed by atoms with van der Waals surface area (Å²) in [4.78, 5) is 0. The summed E-state index contributed by atoms with van der Waals surface area (Å²) in [5, 5.41) is 0. The first kappa shape index (κ1) is 18.7. The van der Waals surface area contributed by atoms with Gasteiger partial charge in [0.05, 0.1) is 12.2 Å². The molecule has 0 heterocycles. The lowest BCUT2D eigenvalue weighted by atomic mass is 9.69. The van der Waals surface area contributed by atoms with Crippen molar-refractivity contribution in [2.75, 3.05) is 6.79 Å². The van der Waals surface area contributed by atoms with Gasteiger partial charge < -0.3 is 9.47 Å². The van der Waals surface area contributed by atoms with Crippen LogP contribution in [0.3, 0.4) is 0 Å². The first-order chi connectivity index (χ1) is 11.4. The zero-order valence-corrected chi connectivity index (χ0v) is 19.3. The lowest BCUT2D eigenvalue weighted by Gasteiger charge is -2.39. The van der Waals surface area contributed by atoms with Crippen LogP contribution in [0.1, 0.15) is 54.4 Å². The molecule has 0 unspecified atom stereocenters. The van der Waals surface area contributed by atoms with Crippen molar-refractivity contribution >= 4 is 31.9 Å². The van der Waals surface area contributed by atoms with E-state index >= 15 is 0 Å². The van der Waals surface area contributed by atoms with Crippen LogP contribution in [0.25, 0.3) is 0 Å². The highest BCUT2D eigenvalue weighted by Gasteiger charge is 2.63. The second-order valence-corrected chi connectivity index (χ2v) is 11.9. The molecule has 0 amide bonds. The Balaban J connectivity index is 1.41. The Bertz CT molecular complexity index is 609. The van der Waals surface area contributed by atoms with E-state index in [-0.39, 0.29) is 33.9 Å². The van der Waals surface area contributed by atoms with Crippen LogP contribution in [0.2, 0.25) is 0 Å². The van der Waals surface area contributed by atoms with Crippen LogP contribution in [-0.4, -0.2) is 19.0 Å². The number of allylic oxidation sites excluding steroid dienone is 2. The quantitative estimate of drug-likeness (QED) is 0.439. The van der Waals surface area contributed by atoms with Crippen LogP contribution < -0.4 is 0 Å². The number of halogens is 2. The molecule has 0 N–H and O–H groups in total. The van der Waals surface area contributed by atoms with E-state index < -0.39 is 0 Å². The average Bonchev–Trinajstić information content (AvgIpc) is 2.94. The van der Waals surface area contributed by atoms with Crippen LogP contribution >= 0.6 is 31.9 Å². The van der Waals surface area contributed by atoms with Crippen LogP contribution in [0.4, 0.5) is 0 Å². The summed E-state index contributed by atoms with van der Waals surface area (Å²) in [6.07, 6.45) is 7.43. The molecule has 4 aliphatic rings. The van der Waals surface area contributed by atoms with Gasteiger partial charge in [-0.15, -0.1) is 0 Å². The van der Waals surface area contributed by atoms with Gasteiger partial charge in [-0.1, -0.05) is 85.6 Å². The van der Waals surface area contributed by atoms with Gasteiger partial charge in [0.25, 0.3) is 0 Å². The molecule has 6 atom stereocenters. The molecule has 2 fully saturated rings. The van der Waals surface area contributed by atoms with Gasteiger partial charge in [0.1, 0.15) is 6.79 Å². The van der Waals surface area contributed by atoms with Crippen molar-refractivity contribution in [2.24, 2.45) is 33.5 Å². The molecule has 4 aliphatic carbocycles. The average molecular weight is 474 g/mol.